The molecule has 0 aliphatic heterocycles. The zero-order valence-electron chi connectivity index (χ0n) is 37.2. The third-order valence-electron chi connectivity index (χ3n) is 8.92. The summed E-state index contributed by atoms with van der Waals surface area (Å²) < 4.78 is 34.2. The van der Waals surface area contributed by atoms with Crippen molar-refractivity contribution < 1.29 is 42.1 Å². The second-order valence-corrected chi connectivity index (χ2v) is 17.1. The lowest BCUT2D eigenvalue weighted by atomic mass is 10.1. The summed E-state index contributed by atoms with van der Waals surface area (Å²) >= 11 is 0. The van der Waals surface area contributed by atoms with Crippen LogP contribution in [0.1, 0.15) is 155 Å². The Hall–Kier alpha value is -2.81. The maximum absolute atomic E-state index is 12.7. The molecule has 1 unspecified atom stereocenters. The maximum Gasteiger partial charge on any atom is 0.472 e. The minimum absolute atomic E-state index is 0.0136. The molecule has 10 heteroatoms. The summed E-state index contributed by atoms with van der Waals surface area (Å²) in [4.78, 5) is 35.3. The normalized spacial score (nSPS) is 14.4. The smallest absolute Gasteiger partial charge is 0.462 e. The molecule has 0 saturated carbocycles. The molecule has 0 aliphatic carbocycles. The van der Waals surface area contributed by atoms with E-state index in [1.807, 2.05) is 33.3 Å². The summed E-state index contributed by atoms with van der Waals surface area (Å²) in [6.45, 7) is 4.17. The van der Waals surface area contributed by atoms with Crippen LogP contribution in [0.15, 0.2) is 85.1 Å². The standard InChI is InChI=1S/C48H82NO8P/c1-6-8-10-12-14-16-18-20-22-23-24-25-27-29-31-33-35-37-39-41-48(51)57-46(45-56-58(52,53)55-43-42-49(3,4)5)44-54-47(50)40-38-36-34-32-30-28-26-21-19-17-15-13-11-9-7-2/h8,10,13-16,20,22,24-25,29,31,35,37,46H,6-7,9,11-12,17-19,21,23,26-28,30,32-34,36,38-45H2,1-5H3/p+1/b10-8+,15-13+,16-14+,22-20+,25-24+,31-29+,37-35+/t46-/m1/s1. The monoisotopic (exact) mass is 833 g/mol. The van der Waals surface area contributed by atoms with Crippen molar-refractivity contribution in [1.29, 1.82) is 0 Å². The minimum Gasteiger partial charge on any atom is -0.462 e. The first-order valence-corrected chi connectivity index (χ1v) is 23.8. The molecular weight excluding hydrogens is 750 g/mol. The number of hydrogen-bond acceptors (Lipinski definition) is 7. The van der Waals surface area contributed by atoms with Crippen LogP contribution >= 0.6 is 7.82 Å². The van der Waals surface area contributed by atoms with Gasteiger partial charge in [0.25, 0.3) is 0 Å². The number of likely N-dealkylation sites (N-methyl/N-ethyl adjacent to an activating group) is 1. The van der Waals surface area contributed by atoms with Gasteiger partial charge in [0.2, 0.25) is 0 Å². The Morgan fingerprint density at radius 1 is 0.552 bits per heavy atom. The van der Waals surface area contributed by atoms with Crippen molar-refractivity contribution in [2.24, 2.45) is 0 Å². The number of unbranched alkanes of at least 4 members (excludes halogenated alkanes) is 11. The van der Waals surface area contributed by atoms with Gasteiger partial charge in [-0.25, -0.2) is 4.57 Å². The highest BCUT2D eigenvalue weighted by atomic mass is 31.2. The van der Waals surface area contributed by atoms with Crippen LogP contribution in [0, 0.1) is 0 Å². The molecule has 0 aromatic carbocycles. The highest BCUT2D eigenvalue weighted by Crippen LogP contribution is 2.43. The Morgan fingerprint density at radius 3 is 1.53 bits per heavy atom. The fourth-order valence-electron chi connectivity index (χ4n) is 5.43. The molecule has 0 aromatic heterocycles. The maximum atomic E-state index is 12.7. The van der Waals surface area contributed by atoms with Crippen molar-refractivity contribution in [3.8, 4) is 0 Å². The molecule has 0 saturated heterocycles. The number of allylic oxidation sites excluding steroid dienone is 14. The van der Waals surface area contributed by atoms with Crippen LogP contribution in [0.25, 0.3) is 0 Å². The van der Waals surface area contributed by atoms with E-state index in [1.54, 1.807) is 0 Å². The summed E-state index contributed by atoms with van der Waals surface area (Å²) in [5.74, 6) is -0.906. The lowest BCUT2D eigenvalue weighted by molar-refractivity contribution is -0.870. The van der Waals surface area contributed by atoms with E-state index in [4.69, 9.17) is 18.5 Å². The number of nitrogens with zero attached hydrogens (tertiary/aromatic N) is 1. The Balaban J connectivity index is 4.50. The number of esters is 2. The molecule has 0 spiro atoms. The predicted octanol–water partition coefficient (Wildman–Crippen LogP) is 12.8. The number of phosphoric ester groups is 1. The molecule has 0 amide bonds. The second kappa shape index (κ2) is 39.6. The summed E-state index contributed by atoms with van der Waals surface area (Å²) in [5, 5.41) is 0. The van der Waals surface area contributed by atoms with Gasteiger partial charge in [-0.2, -0.15) is 0 Å². The molecule has 0 aromatic rings. The van der Waals surface area contributed by atoms with Gasteiger partial charge in [-0.3, -0.25) is 18.6 Å². The SMILES string of the molecule is CC/C=C/C/C=C/C/C=C/C/C=C/C/C=C/C/C=C/CCC(=O)O[C@H](COC(=O)CCCCCCCCCCC/C=C/CCCC)COP(=O)(O)OCC[N+](C)(C)C. The number of hydrogen-bond donors (Lipinski definition) is 1. The van der Waals surface area contributed by atoms with Gasteiger partial charge >= 0.3 is 19.8 Å². The van der Waals surface area contributed by atoms with E-state index < -0.39 is 32.5 Å². The van der Waals surface area contributed by atoms with E-state index >= 15 is 0 Å². The molecule has 0 aliphatic rings. The van der Waals surface area contributed by atoms with Gasteiger partial charge in [0.15, 0.2) is 6.10 Å². The lowest BCUT2D eigenvalue weighted by Crippen LogP contribution is -2.37. The van der Waals surface area contributed by atoms with E-state index in [0.717, 1.165) is 64.2 Å². The topological polar surface area (TPSA) is 108 Å². The van der Waals surface area contributed by atoms with Crippen LogP contribution in [0.5, 0.6) is 0 Å². The van der Waals surface area contributed by atoms with Gasteiger partial charge in [0.05, 0.1) is 27.7 Å². The van der Waals surface area contributed by atoms with Crippen LogP contribution in [-0.2, 0) is 32.7 Å². The molecule has 0 radical (unpaired) electrons. The zero-order valence-corrected chi connectivity index (χ0v) is 38.1. The van der Waals surface area contributed by atoms with Gasteiger partial charge in [0.1, 0.15) is 19.8 Å². The first kappa shape index (κ1) is 55.2. The average molecular weight is 833 g/mol. The molecular formula is C48H83NO8P+. The minimum atomic E-state index is -4.40. The molecule has 9 nitrogen and oxygen atoms in total. The van der Waals surface area contributed by atoms with E-state index in [2.05, 4.69) is 86.8 Å². The third-order valence-corrected chi connectivity index (χ3v) is 9.91. The fourth-order valence-corrected chi connectivity index (χ4v) is 6.17. The van der Waals surface area contributed by atoms with Gasteiger partial charge < -0.3 is 18.9 Å². The quantitative estimate of drug-likeness (QED) is 0.0214. The highest BCUT2D eigenvalue weighted by Gasteiger charge is 2.27. The van der Waals surface area contributed by atoms with E-state index in [-0.39, 0.29) is 26.1 Å². The van der Waals surface area contributed by atoms with Gasteiger partial charge in [-0.1, -0.05) is 157 Å². The zero-order chi connectivity index (χ0) is 42.8. The molecule has 0 fully saturated rings. The van der Waals surface area contributed by atoms with Crippen molar-refractivity contribution in [1.82, 2.24) is 0 Å². The van der Waals surface area contributed by atoms with Crippen molar-refractivity contribution >= 4 is 19.8 Å². The Labute approximate surface area is 354 Å². The number of carbonyl (C=O) groups is 2. The highest BCUT2D eigenvalue weighted by molar-refractivity contribution is 7.47. The molecule has 1 N–H and O–H groups in total. The number of ether oxygens (including phenoxy) is 2. The molecule has 58 heavy (non-hydrogen) atoms. The Kier molecular flexibility index (Phi) is 37.7. The molecule has 332 valence electrons. The third kappa shape index (κ3) is 42.8. The van der Waals surface area contributed by atoms with Crippen LogP contribution < -0.4 is 0 Å². The van der Waals surface area contributed by atoms with Crippen LogP contribution in [-0.4, -0.2) is 74.9 Å². The summed E-state index contributed by atoms with van der Waals surface area (Å²) in [6, 6.07) is 0. The fraction of sp³-hybridized carbons (Fsp3) is 0.667. The van der Waals surface area contributed by atoms with E-state index in [0.29, 0.717) is 17.4 Å². The summed E-state index contributed by atoms with van der Waals surface area (Å²) in [5.41, 5.74) is 0. The lowest BCUT2D eigenvalue weighted by Gasteiger charge is -2.24. The number of phosphoric acid groups is 1. The predicted molar refractivity (Wildman–Crippen MR) is 242 cm³/mol. The molecule has 0 bridgehead atoms. The van der Waals surface area contributed by atoms with Crippen LogP contribution in [0.3, 0.4) is 0 Å². The van der Waals surface area contributed by atoms with Crippen LogP contribution in [0.2, 0.25) is 0 Å². The van der Waals surface area contributed by atoms with Gasteiger partial charge in [-0.15, -0.1) is 0 Å². The molecule has 0 heterocycles. The first-order chi connectivity index (χ1) is 28.0. The Morgan fingerprint density at radius 2 is 1.02 bits per heavy atom. The second-order valence-electron chi connectivity index (χ2n) is 15.7. The van der Waals surface area contributed by atoms with Crippen molar-refractivity contribution in [3.63, 3.8) is 0 Å². The first-order valence-electron chi connectivity index (χ1n) is 22.3. The van der Waals surface area contributed by atoms with Crippen molar-refractivity contribution in [3.05, 3.63) is 85.1 Å². The van der Waals surface area contributed by atoms with E-state index in [9.17, 15) is 19.0 Å². The van der Waals surface area contributed by atoms with Crippen molar-refractivity contribution in [2.75, 3.05) is 47.5 Å². The van der Waals surface area contributed by atoms with Gasteiger partial charge in [0, 0.05) is 12.8 Å². The number of quaternary nitrogens is 1. The average Bonchev–Trinajstić information content (AvgIpc) is 3.17. The largest absolute Gasteiger partial charge is 0.472 e. The summed E-state index contributed by atoms with van der Waals surface area (Å²) in [6.07, 6.45) is 50.7. The van der Waals surface area contributed by atoms with Crippen LogP contribution in [0.4, 0.5) is 0 Å². The van der Waals surface area contributed by atoms with E-state index in [1.165, 1.54) is 57.8 Å². The molecule has 2 atom stereocenters. The number of rotatable bonds is 39. The summed E-state index contributed by atoms with van der Waals surface area (Å²) in [7, 11) is 1.42. The van der Waals surface area contributed by atoms with Crippen molar-refractivity contribution in [2.45, 2.75) is 161 Å². The Bertz CT molecular complexity index is 1260. The number of carbonyl (C=O) groups excluding carboxylic acids is 2. The van der Waals surface area contributed by atoms with Gasteiger partial charge in [-0.05, 0) is 70.6 Å². The molecule has 0 rings (SSSR count).